The van der Waals surface area contributed by atoms with Crippen LogP contribution in [0.5, 0.6) is 5.88 Å². The van der Waals surface area contributed by atoms with Crippen LogP contribution in [0.3, 0.4) is 0 Å². The van der Waals surface area contributed by atoms with Crippen LogP contribution in [0, 0.1) is 0 Å². The minimum atomic E-state index is 0.536. The van der Waals surface area contributed by atoms with E-state index >= 15 is 0 Å². The van der Waals surface area contributed by atoms with Crippen LogP contribution in [0.2, 0.25) is 0 Å². The second kappa shape index (κ2) is 8.67. The number of pyridine rings is 3. The zero-order valence-electron chi connectivity index (χ0n) is 20.8. The molecule has 5 aromatic rings. The Morgan fingerprint density at radius 3 is 2.49 bits per heavy atom. The number of hydrogen-bond donors (Lipinski definition) is 0. The molecule has 10 heteroatoms. The average Bonchev–Trinajstić information content (AvgIpc) is 3.60. The van der Waals surface area contributed by atoms with E-state index in [2.05, 4.69) is 54.2 Å². The molecule has 8 rings (SSSR count). The summed E-state index contributed by atoms with van der Waals surface area (Å²) in [7, 11) is 3.56. The van der Waals surface area contributed by atoms with E-state index in [9.17, 15) is 0 Å². The largest absolute Gasteiger partial charge is 0.481 e. The van der Waals surface area contributed by atoms with Crippen molar-refractivity contribution in [3.8, 4) is 28.1 Å². The highest BCUT2D eigenvalue weighted by atomic mass is 16.5. The maximum atomic E-state index is 5.18. The van der Waals surface area contributed by atoms with Gasteiger partial charge in [-0.15, -0.1) is 0 Å². The topological polar surface area (TPSA) is 89.5 Å². The quantitative estimate of drug-likeness (QED) is 0.357. The van der Waals surface area contributed by atoms with Crippen molar-refractivity contribution < 1.29 is 4.74 Å². The van der Waals surface area contributed by atoms with Crippen LogP contribution in [0.15, 0.2) is 67.6 Å². The lowest BCUT2D eigenvalue weighted by molar-refractivity contribution is -0.00876. The van der Waals surface area contributed by atoms with Gasteiger partial charge in [0.25, 0.3) is 0 Å². The number of aryl methyl sites for hydroxylation is 1. The lowest BCUT2D eigenvalue weighted by atomic mass is 9.87. The van der Waals surface area contributed by atoms with Gasteiger partial charge in [0, 0.05) is 91.9 Å². The molecule has 0 aromatic carbocycles. The third-order valence-corrected chi connectivity index (χ3v) is 7.51. The first-order valence-corrected chi connectivity index (χ1v) is 12.4. The summed E-state index contributed by atoms with van der Waals surface area (Å²) in [5.41, 5.74) is 6.12. The fourth-order valence-electron chi connectivity index (χ4n) is 5.57. The molecule has 5 aromatic heterocycles. The third kappa shape index (κ3) is 3.89. The minimum absolute atomic E-state index is 0.536. The van der Waals surface area contributed by atoms with E-state index in [4.69, 9.17) is 9.72 Å². The lowest BCUT2D eigenvalue weighted by Gasteiger charge is -2.56. The van der Waals surface area contributed by atoms with E-state index < -0.39 is 0 Å². The van der Waals surface area contributed by atoms with Crippen LogP contribution in [0.4, 0.5) is 5.82 Å². The summed E-state index contributed by atoms with van der Waals surface area (Å²) in [6.07, 6.45) is 12.5. The van der Waals surface area contributed by atoms with Crippen LogP contribution in [-0.4, -0.2) is 71.5 Å². The summed E-state index contributed by atoms with van der Waals surface area (Å²) in [4.78, 5) is 18.7. The standard InChI is InChI=1S/C27H27N9O/c1-33-13-21(11-31-33)20-7-24(27-30-17-32-36(27)14-20)19-4-5-25(28-10-19)34-15-22-8-23(16-34)35(22)12-18-3-6-26(37-2)29-9-18/h3-7,9-11,13-14,17,22-23H,8,12,15-16H2,1-2H3. The summed E-state index contributed by atoms with van der Waals surface area (Å²) >= 11 is 0. The van der Waals surface area contributed by atoms with Crippen LogP contribution < -0.4 is 9.64 Å². The first-order valence-electron chi connectivity index (χ1n) is 12.4. The molecule has 8 heterocycles. The van der Waals surface area contributed by atoms with E-state index in [-0.39, 0.29) is 0 Å². The highest BCUT2D eigenvalue weighted by Crippen LogP contribution is 2.36. The second-order valence-electron chi connectivity index (χ2n) is 9.81. The maximum Gasteiger partial charge on any atom is 0.212 e. The first-order chi connectivity index (χ1) is 18.1. The number of anilines is 1. The van der Waals surface area contributed by atoms with Crippen molar-refractivity contribution in [2.75, 3.05) is 25.1 Å². The molecule has 3 aliphatic heterocycles. The van der Waals surface area contributed by atoms with Crippen LogP contribution in [0.25, 0.3) is 27.9 Å². The molecule has 3 fully saturated rings. The third-order valence-electron chi connectivity index (χ3n) is 7.51. The molecule has 2 bridgehead atoms. The van der Waals surface area contributed by atoms with Crippen molar-refractivity contribution in [2.24, 2.45) is 7.05 Å². The molecular weight excluding hydrogens is 466 g/mol. The number of piperazine rings is 1. The zero-order valence-corrected chi connectivity index (χ0v) is 20.8. The van der Waals surface area contributed by atoms with E-state index in [1.165, 1.54) is 12.0 Å². The predicted octanol–water partition coefficient (Wildman–Crippen LogP) is 3.06. The summed E-state index contributed by atoms with van der Waals surface area (Å²) in [5, 5.41) is 8.70. The zero-order chi connectivity index (χ0) is 24.9. The van der Waals surface area contributed by atoms with Gasteiger partial charge in [-0.3, -0.25) is 9.58 Å². The molecule has 186 valence electrons. The Balaban J connectivity index is 1.09. The molecule has 3 aliphatic rings. The maximum absolute atomic E-state index is 5.18. The summed E-state index contributed by atoms with van der Waals surface area (Å²) in [5.74, 6) is 1.67. The van der Waals surface area contributed by atoms with Gasteiger partial charge in [0.2, 0.25) is 5.88 Å². The van der Waals surface area contributed by atoms with Gasteiger partial charge in [0.1, 0.15) is 12.1 Å². The fraction of sp³-hybridized carbons (Fsp3) is 0.296. The number of nitrogens with zero attached hydrogens (tertiary/aromatic N) is 9. The minimum Gasteiger partial charge on any atom is -0.481 e. The van der Waals surface area contributed by atoms with E-state index in [1.54, 1.807) is 18.1 Å². The SMILES string of the molecule is COc1ccc(CN2C3CC2CN(c2ccc(-c4cc(-c5cnn(C)c5)cn5ncnc45)cn2)C3)cn1. The van der Waals surface area contributed by atoms with Crippen LogP contribution in [0.1, 0.15) is 12.0 Å². The number of rotatable bonds is 6. The van der Waals surface area contributed by atoms with E-state index in [0.717, 1.165) is 53.4 Å². The molecular formula is C27H27N9O. The number of ether oxygens (including phenoxy) is 1. The highest BCUT2D eigenvalue weighted by Gasteiger charge is 2.44. The second-order valence-corrected chi connectivity index (χ2v) is 9.81. The Morgan fingerprint density at radius 2 is 1.78 bits per heavy atom. The molecule has 2 atom stereocenters. The molecule has 2 unspecified atom stereocenters. The van der Waals surface area contributed by atoms with Crippen LogP contribution in [-0.2, 0) is 13.6 Å². The van der Waals surface area contributed by atoms with Crippen molar-refractivity contribution in [3.63, 3.8) is 0 Å². The van der Waals surface area contributed by atoms with E-state index in [0.29, 0.717) is 18.0 Å². The molecule has 0 amide bonds. The fourth-order valence-corrected chi connectivity index (χ4v) is 5.57. The van der Waals surface area contributed by atoms with Crippen molar-refractivity contribution in [2.45, 2.75) is 25.0 Å². The monoisotopic (exact) mass is 493 g/mol. The molecule has 0 saturated carbocycles. The molecule has 0 spiro atoms. The molecule has 0 aliphatic carbocycles. The van der Waals surface area contributed by atoms with Gasteiger partial charge in [-0.25, -0.2) is 19.5 Å². The van der Waals surface area contributed by atoms with Gasteiger partial charge in [-0.2, -0.15) is 10.2 Å². The van der Waals surface area contributed by atoms with Crippen molar-refractivity contribution in [1.82, 2.24) is 39.2 Å². The van der Waals surface area contributed by atoms with E-state index in [1.807, 2.05) is 48.6 Å². The Labute approximate surface area is 214 Å². The molecule has 0 radical (unpaired) electrons. The molecule has 10 nitrogen and oxygen atoms in total. The first kappa shape index (κ1) is 21.9. The van der Waals surface area contributed by atoms with Gasteiger partial charge in [0.05, 0.1) is 13.3 Å². The van der Waals surface area contributed by atoms with Crippen LogP contribution >= 0.6 is 0 Å². The Kier molecular flexibility index (Phi) is 5.14. The summed E-state index contributed by atoms with van der Waals surface area (Å²) in [6, 6.07) is 11.5. The number of piperidine rings is 1. The molecule has 37 heavy (non-hydrogen) atoms. The molecule has 0 N–H and O–H groups in total. The summed E-state index contributed by atoms with van der Waals surface area (Å²) < 4.78 is 8.80. The highest BCUT2D eigenvalue weighted by molar-refractivity contribution is 5.81. The molecule has 3 saturated heterocycles. The normalized spacial score (nSPS) is 19.2. The smallest absolute Gasteiger partial charge is 0.212 e. The number of aromatic nitrogens is 7. The predicted molar refractivity (Wildman–Crippen MR) is 139 cm³/mol. The Bertz CT molecular complexity index is 1550. The van der Waals surface area contributed by atoms with Crippen molar-refractivity contribution in [3.05, 3.63) is 73.2 Å². The Hall–Kier alpha value is -4.31. The van der Waals surface area contributed by atoms with Crippen molar-refractivity contribution >= 4 is 11.5 Å². The summed E-state index contributed by atoms with van der Waals surface area (Å²) in [6.45, 7) is 2.89. The Morgan fingerprint density at radius 1 is 0.892 bits per heavy atom. The average molecular weight is 494 g/mol. The van der Waals surface area contributed by atoms with Gasteiger partial charge in [-0.05, 0) is 30.2 Å². The van der Waals surface area contributed by atoms with Crippen molar-refractivity contribution in [1.29, 1.82) is 0 Å². The lowest BCUT2D eigenvalue weighted by Crippen LogP contribution is -2.68. The van der Waals surface area contributed by atoms with Gasteiger partial charge >= 0.3 is 0 Å². The number of hydrogen-bond acceptors (Lipinski definition) is 8. The number of fused-ring (bicyclic) bond motifs is 3. The van der Waals surface area contributed by atoms with Gasteiger partial charge < -0.3 is 9.64 Å². The van der Waals surface area contributed by atoms with Gasteiger partial charge in [-0.1, -0.05) is 6.07 Å². The number of methoxy groups -OCH3 is 1. The van der Waals surface area contributed by atoms with Gasteiger partial charge in [0.15, 0.2) is 5.65 Å².